The summed E-state index contributed by atoms with van der Waals surface area (Å²) in [5.41, 5.74) is 2.81. The van der Waals surface area contributed by atoms with Crippen LogP contribution in [0.1, 0.15) is 35.7 Å². The van der Waals surface area contributed by atoms with Crippen LogP contribution in [-0.2, 0) is 16.4 Å². The highest BCUT2D eigenvalue weighted by Crippen LogP contribution is 2.30. The highest BCUT2D eigenvalue weighted by Gasteiger charge is 2.28. The normalized spacial score (nSPS) is 19.3. The second kappa shape index (κ2) is 4.73. The number of aromatic amines is 1. The van der Waals surface area contributed by atoms with E-state index in [9.17, 15) is 8.42 Å². The number of aryl methyl sites for hydroxylation is 2. The molecule has 3 rings (SSSR count). The summed E-state index contributed by atoms with van der Waals surface area (Å²) in [5, 5.41) is 8.72. The van der Waals surface area contributed by atoms with Gasteiger partial charge in [-0.15, -0.1) is 11.3 Å². The minimum absolute atomic E-state index is 0.197. The van der Waals surface area contributed by atoms with E-state index in [2.05, 4.69) is 14.9 Å². The zero-order chi connectivity index (χ0) is 13.5. The van der Waals surface area contributed by atoms with E-state index in [1.807, 2.05) is 13.0 Å². The summed E-state index contributed by atoms with van der Waals surface area (Å²) >= 11 is 1.25. The molecule has 0 radical (unpaired) electrons. The van der Waals surface area contributed by atoms with E-state index in [0.29, 0.717) is 4.21 Å². The van der Waals surface area contributed by atoms with E-state index >= 15 is 0 Å². The number of H-pyrrole nitrogens is 1. The predicted octanol–water partition coefficient (Wildman–Crippen LogP) is 2.14. The molecule has 0 aliphatic heterocycles. The molecule has 0 fully saturated rings. The van der Waals surface area contributed by atoms with Gasteiger partial charge in [0.05, 0.1) is 17.9 Å². The van der Waals surface area contributed by atoms with Crippen molar-refractivity contribution in [2.24, 2.45) is 0 Å². The van der Waals surface area contributed by atoms with Gasteiger partial charge in [-0.1, -0.05) is 0 Å². The molecule has 2 N–H and O–H groups in total. The fourth-order valence-corrected chi connectivity index (χ4v) is 5.13. The van der Waals surface area contributed by atoms with E-state index in [1.165, 1.54) is 11.3 Å². The van der Waals surface area contributed by atoms with Gasteiger partial charge < -0.3 is 0 Å². The fourth-order valence-electron chi connectivity index (χ4n) is 2.46. The molecule has 0 spiro atoms. The van der Waals surface area contributed by atoms with Crippen LogP contribution in [0.4, 0.5) is 0 Å². The molecule has 1 atom stereocenters. The van der Waals surface area contributed by atoms with Crippen molar-refractivity contribution in [1.29, 1.82) is 0 Å². The predicted molar refractivity (Wildman–Crippen MR) is 73.6 cm³/mol. The Morgan fingerprint density at radius 1 is 1.53 bits per heavy atom. The van der Waals surface area contributed by atoms with E-state index in [1.54, 1.807) is 11.6 Å². The lowest BCUT2D eigenvalue weighted by atomic mass is 9.94. The van der Waals surface area contributed by atoms with Gasteiger partial charge in [0.1, 0.15) is 4.21 Å². The molecular weight excluding hydrogens is 282 g/mol. The number of rotatable bonds is 3. The lowest BCUT2D eigenvalue weighted by Crippen LogP contribution is -2.31. The largest absolute Gasteiger partial charge is 0.281 e. The minimum Gasteiger partial charge on any atom is -0.281 e. The topological polar surface area (TPSA) is 74.8 Å². The highest BCUT2D eigenvalue weighted by atomic mass is 32.2. The summed E-state index contributed by atoms with van der Waals surface area (Å²) in [6.07, 6.45) is 4.52. The molecular formula is C12H15N3O2S2. The molecule has 2 aromatic heterocycles. The zero-order valence-corrected chi connectivity index (χ0v) is 12.1. The van der Waals surface area contributed by atoms with E-state index in [0.717, 1.165) is 36.1 Å². The van der Waals surface area contributed by atoms with Gasteiger partial charge >= 0.3 is 0 Å². The second-order valence-electron chi connectivity index (χ2n) is 4.77. The van der Waals surface area contributed by atoms with Crippen LogP contribution in [0.5, 0.6) is 0 Å². The van der Waals surface area contributed by atoms with Crippen molar-refractivity contribution in [2.75, 3.05) is 0 Å². The van der Waals surface area contributed by atoms with E-state index in [4.69, 9.17) is 0 Å². The van der Waals surface area contributed by atoms with Crippen LogP contribution in [-0.4, -0.2) is 18.6 Å². The molecule has 1 aliphatic carbocycles. The first kappa shape index (κ1) is 12.8. The number of thiophene rings is 1. The first-order chi connectivity index (χ1) is 9.08. The zero-order valence-electron chi connectivity index (χ0n) is 10.5. The van der Waals surface area contributed by atoms with Crippen molar-refractivity contribution in [1.82, 2.24) is 14.9 Å². The molecule has 2 aromatic rings. The van der Waals surface area contributed by atoms with Crippen molar-refractivity contribution in [3.05, 3.63) is 34.5 Å². The highest BCUT2D eigenvalue weighted by molar-refractivity contribution is 7.91. The van der Waals surface area contributed by atoms with Gasteiger partial charge in [0.2, 0.25) is 0 Å². The van der Waals surface area contributed by atoms with Gasteiger partial charge in [-0.3, -0.25) is 5.10 Å². The minimum atomic E-state index is -3.45. The summed E-state index contributed by atoms with van der Waals surface area (Å²) in [5.74, 6) is 0. The van der Waals surface area contributed by atoms with Crippen LogP contribution in [0.3, 0.4) is 0 Å². The quantitative estimate of drug-likeness (QED) is 0.911. The van der Waals surface area contributed by atoms with Crippen LogP contribution in [0.2, 0.25) is 0 Å². The lowest BCUT2D eigenvalue weighted by molar-refractivity contribution is 0.500. The number of fused-ring (bicyclic) bond motifs is 1. The maximum atomic E-state index is 12.4. The Kier molecular flexibility index (Phi) is 3.20. The maximum absolute atomic E-state index is 12.4. The van der Waals surface area contributed by atoms with Gasteiger partial charge in [-0.25, -0.2) is 13.1 Å². The van der Waals surface area contributed by atoms with Crippen LogP contribution < -0.4 is 4.72 Å². The summed E-state index contributed by atoms with van der Waals surface area (Å²) in [7, 11) is -3.45. The van der Waals surface area contributed by atoms with Crippen LogP contribution in [0, 0.1) is 6.92 Å². The van der Waals surface area contributed by atoms with E-state index in [-0.39, 0.29) is 6.04 Å². The van der Waals surface area contributed by atoms with Crippen molar-refractivity contribution >= 4 is 21.4 Å². The number of hydrogen-bond acceptors (Lipinski definition) is 4. The molecule has 1 aliphatic rings. The first-order valence-electron chi connectivity index (χ1n) is 6.16. The van der Waals surface area contributed by atoms with Crippen molar-refractivity contribution in [3.63, 3.8) is 0 Å². The molecule has 102 valence electrons. The maximum Gasteiger partial charge on any atom is 0.250 e. The number of nitrogens with one attached hydrogen (secondary N) is 2. The first-order valence-corrected chi connectivity index (χ1v) is 8.53. The van der Waals surface area contributed by atoms with E-state index < -0.39 is 10.0 Å². The molecule has 0 saturated carbocycles. The third kappa shape index (κ3) is 2.33. The van der Waals surface area contributed by atoms with Gasteiger partial charge in [-0.2, -0.15) is 5.10 Å². The molecule has 0 amide bonds. The summed E-state index contributed by atoms with van der Waals surface area (Å²) in [6.45, 7) is 1.81. The molecule has 0 saturated heterocycles. The Balaban J connectivity index is 1.90. The average Bonchev–Trinajstić information content (AvgIpc) is 2.97. The lowest BCUT2D eigenvalue weighted by Gasteiger charge is -2.22. The Morgan fingerprint density at radius 2 is 2.37 bits per heavy atom. The van der Waals surface area contributed by atoms with Crippen LogP contribution >= 0.6 is 11.3 Å². The summed E-state index contributed by atoms with van der Waals surface area (Å²) in [4.78, 5) is 0. The van der Waals surface area contributed by atoms with Crippen molar-refractivity contribution in [3.8, 4) is 0 Å². The molecule has 5 nitrogen and oxygen atoms in total. The monoisotopic (exact) mass is 297 g/mol. The number of aromatic nitrogens is 2. The molecule has 2 heterocycles. The third-order valence-corrected chi connectivity index (χ3v) is 6.56. The standard InChI is InChI=1S/C12H15N3O2S2/c1-8-5-6-18-12(8)19(16,17)15-10-4-2-3-9-7-13-14-11(9)10/h5-7,10,15H,2-4H2,1H3,(H,13,14). The SMILES string of the molecule is Cc1ccsc1S(=O)(=O)NC1CCCc2cn[nH]c21. The van der Waals surface area contributed by atoms with Gasteiger partial charge in [0.25, 0.3) is 10.0 Å². The molecule has 19 heavy (non-hydrogen) atoms. The van der Waals surface area contributed by atoms with Gasteiger partial charge in [0, 0.05) is 0 Å². The number of nitrogens with zero attached hydrogens (tertiary/aromatic N) is 1. The van der Waals surface area contributed by atoms with Gasteiger partial charge in [-0.05, 0) is 48.8 Å². The molecule has 0 aromatic carbocycles. The Morgan fingerprint density at radius 3 is 3.11 bits per heavy atom. The molecule has 1 unspecified atom stereocenters. The molecule has 0 bridgehead atoms. The van der Waals surface area contributed by atoms with Crippen molar-refractivity contribution < 1.29 is 8.42 Å². The Hall–Kier alpha value is -1.18. The van der Waals surface area contributed by atoms with Crippen LogP contribution in [0.25, 0.3) is 0 Å². The average molecular weight is 297 g/mol. The second-order valence-corrected chi connectivity index (χ2v) is 7.59. The van der Waals surface area contributed by atoms with Crippen molar-refractivity contribution in [2.45, 2.75) is 36.4 Å². The Labute approximate surface area is 116 Å². The number of sulfonamides is 1. The fraction of sp³-hybridized carbons (Fsp3) is 0.417. The third-order valence-electron chi connectivity index (χ3n) is 3.40. The van der Waals surface area contributed by atoms with Gasteiger partial charge in [0.15, 0.2) is 0 Å². The molecule has 7 heteroatoms. The smallest absolute Gasteiger partial charge is 0.250 e. The van der Waals surface area contributed by atoms with Crippen LogP contribution in [0.15, 0.2) is 21.9 Å². The summed E-state index contributed by atoms with van der Waals surface area (Å²) in [6, 6.07) is 1.62. The summed E-state index contributed by atoms with van der Waals surface area (Å²) < 4.78 is 28.0. The number of hydrogen-bond donors (Lipinski definition) is 2. The Bertz CT molecular complexity index is 687.